The van der Waals surface area contributed by atoms with Crippen molar-refractivity contribution in [3.8, 4) is 0 Å². The molecule has 0 aliphatic heterocycles. The Balaban J connectivity index is 1.93. The van der Waals surface area contributed by atoms with Crippen LogP contribution in [-0.4, -0.2) is 25.8 Å². The third-order valence-corrected chi connectivity index (χ3v) is 4.10. The molecule has 2 aliphatic carbocycles. The van der Waals surface area contributed by atoms with Crippen LogP contribution in [0.3, 0.4) is 0 Å². The largest absolute Gasteiger partial charge is 0.326 e. The zero-order valence-corrected chi connectivity index (χ0v) is 6.97. The van der Waals surface area contributed by atoms with Crippen LogP contribution in [0, 0.1) is 0 Å². The van der Waals surface area contributed by atoms with E-state index in [-0.39, 0.29) is 17.3 Å². The highest BCUT2D eigenvalue weighted by atomic mass is 32.2. The Morgan fingerprint density at radius 2 is 1.91 bits per heavy atom. The second-order valence-electron chi connectivity index (χ2n) is 3.37. The number of nitrogens with one attached hydrogen (secondary N) is 1. The summed E-state index contributed by atoms with van der Waals surface area (Å²) < 4.78 is 25.0. The molecule has 5 heteroatoms. The van der Waals surface area contributed by atoms with E-state index in [1.165, 1.54) is 0 Å². The summed E-state index contributed by atoms with van der Waals surface area (Å²) in [5.74, 6) is 0. The first-order valence-electron chi connectivity index (χ1n) is 3.86. The molecule has 0 spiro atoms. The van der Waals surface area contributed by atoms with Gasteiger partial charge in [-0.15, -0.1) is 0 Å². The van der Waals surface area contributed by atoms with Crippen LogP contribution >= 0.6 is 0 Å². The fourth-order valence-corrected chi connectivity index (χ4v) is 2.68. The lowest BCUT2D eigenvalue weighted by Crippen LogP contribution is -2.32. The van der Waals surface area contributed by atoms with Gasteiger partial charge in [0.05, 0.1) is 5.25 Å². The van der Waals surface area contributed by atoms with Gasteiger partial charge in [0.25, 0.3) is 0 Å². The molecule has 2 saturated carbocycles. The van der Waals surface area contributed by atoms with Crippen LogP contribution in [0.5, 0.6) is 0 Å². The van der Waals surface area contributed by atoms with Crippen molar-refractivity contribution in [2.24, 2.45) is 5.73 Å². The van der Waals surface area contributed by atoms with E-state index in [1.807, 2.05) is 0 Å². The lowest BCUT2D eigenvalue weighted by atomic mass is 10.7. The normalized spacial score (nSPS) is 37.2. The van der Waals surface area contributed by atoms with Gasteiger partial charge in [0.15, 0.2) is 0 Å². The van der Waals surface area contributed by atoms with Crippen molar-refractivity contribution >= 4 is 10.0 Å². The molecule has 2 fully saturated rings. The van der Waals surface area contributed by atoms with Crippen LogP contribution in [-0.2, 0) is 10.0 Å². The molecule has 0 aromatic rings. The van der Waals surface area contributed by atoms with Gasteiger partial charge >= 0.3 is 0 Å². The van der Waals surface area contributed by atoms with E-state index in [9.17, 15) is 8.42 Å². The minimum absolute atomic E-state index is 0.0283. The molecule has 3 N–H and O–H groups in total. The molecule has 0 amide bonds. The number of hydrogen-bond donors (Lipinski definition) is 2. The predicted molar refractivity (Wildman–Crippen MR) is 41.5 cm³/mol. The molecule has 0 aromatic heterocycles. The first-order valence-corrected chi connectivity index (χ1v) is 5.41. The highest BCUT2D eigenvalue weighted by molar-refractivity contribution is 7.90. The molecular weight excluding hydrogens is 164 g/mol. The SMILES string of the molecule is NC1CC1NS(=O)(=O)C1CC1. The van der Waals surface area contributed by atoms with Gasteiger partial charge in [-0.2, -0.15) is 0 Å². The highest BCUT2D eigenvalue weighted by Gasteiger charge is 2.42. The molecule has 0 radical (unpaired) electrons. The molecule has 2 aliphatic rings. The summed E-state index contributed by atoms with van der Waals surface area (Å²) in [5, 5.41) is -0.115. The van der Waals surface area contributed by atoms with Gasteiger partial charge in [-0.3, -0.25) is 0 Å². The van der Waals surface area contributed by atoms with Crippen LogP contribution in [0.2, 0.25) is 0 Å². The number of nitrogens with two attached hydrogens (primary N) is 1. The summed E-state index contributed by atoms with van der Waals surface area (Å²) in [6.07, 6.45) is 2.43. The number of rotatable bonds is 3. The van der Waals surface area contributed by atoms with Gasteiger partial charge in [-0.1, -0.05) is 0 Å². The summed E-state index contributed by atoms with van der Waals surface area (Å²) >= 11 is 0. The Labute approximate surface area is 66.2 Å². The molecule has 11 heavy (non-hydrogen) atoms. The Hall–Kier alpha value is -0.130. The van der Waals surface area contributed by atoms with Gasteiger partial charge in [-0.05, 0) is 19.3 Å². The molecule has 0 saturated heterocycles. The van der Waals surface area contributed by atoms with E-state index in [0.717, 1.165) is 19.3 Å². The minimum atomic E-state index is -2.99. The number of sulfonamides is 1. The fraction of sp³-hybridized carbons (Fsp3) is 1.00. The van der Waals surface area contributed by atoms with Crippen molar-refractivity contribution < 1.29 is 8.42 Å². The van der Waals surface area contributed by atoms with E-state index in [2.05, 4.69) is 4.72 Å². The van der Waals surface area contributed by atoms with E-state index in [0.29, 0.717) is 0 Å². The summed E-state index contributed by atoms with van der Waals surface area (Å²) in [4.78, 5) is 0. The summed E-state index contributed by atoms with van der Waals surface area (Å²) in [5.41, 5.74) is 5.47. The minimum Gasteiger partial charge on any atom is -0.326 e. The second kappa shape index (κ2) is 2.18. The molecule has 0 aromatic carbocycles. The average Bonchev–Trinajstić information content (AvgIpc) is 2.65. The summed E-state index contributed by atoms with van der Waals surface area (Å²) in [6.45, 7) is 0. The standard InChI is InChI=1S/C6H12N2O2S/c7-5-3-6(5)8-11(9,10)4-1-2-4/h4-6,8H,1-3,7H2. The topological polar surface area (TPSA) is 72.2 Å². The smallest absolute Gasteiger partial charge is 0.214 e. The van der Waals surface area contributed by atoms with E-state index in [4.69, 9.17) is 5.73 Å². The van der Waals surface area contributed by atoms with Crippen molar-refractivity contribution in [3.05, 3.63) is 0 Å². The van der Waals surface area contributed by atoms with Crippen LogP contribution in [0.25, 0.3) is 0 Å². The molecule has 2 rings (SSSR count). The first-order chi connectivity index (χ1) is 5.09. The second-order valence-corrected chi connectivity index (χ2v) is 5.36. The van der Waals surface area contributed by atoms with Crippen molar-refractivity contribution in [1.82, 2.24) is 4.72 Å². The maximum absolute atomic E-state index is 11.2. The third-order valence-electron chi connectivity index (χ3n) is 2.12. The molecule has 0 heterocycles. The van der Waals surface area contributed by atoms with Gasteiger partial charge in [0, 0.05) is 12.1 Å². The maximum atomic E-state index is 11.2. The average molecular weight is 176 g/mol. The molecule has 4 nitrogen and oxygen atoms in total. The lowest BCUT2D eigenvalue weighted by Gasteiger charge is -2.01. The van der Waals surface area contributed by atoms with Gasteiger partial charge < -0.3 is 5.73 Å². The first kappa shape index (κ1) is 7.52. The molecule has 64 valence electrons. The van der Waals surface area contributed by atoms with Crippen molar-refractivity contribution in [2.75, 3.05) is 0 Å². The van der Waals surface area contributed by atoms with Crippen LogP contribution < -0.4 is 10.5 Å². The maximum Gasteiger partial charge on any atom is 0.214 e. The predicted octanol–water partition coefficient (Wildman–Crippen LogP) is -0.832. The third kappa shape index (κ3) is 1.55. The number of hydrogen-bond acceptors (Lipinski definition) is 3. The van der Waals surface area contributed by atoms with Gasteiger partial charge in [0.2, 0.25) is 10.0 Å². The Kier molecular flexibility index (Phi) is 1.49. The van der Waals surface area contributed by atoms with Crippen molar-refractivity contribution in [1.29, 1.82) is 0 Å². The monoisotopic (exact) mass is 176 g/mol. The van der Waals surface area contributed by atoms with Gasteiger partial charge in [0.1, 0.15) is 0 Å². The van der Waals surface area contributed by atoms with Crippen molar-refractivity contribution in [2.45, 2.75) is 36.6 Å². The van der Waals surface area contributed by atoms with E-state index in [1.54, 1.807) is 0 Å². The van der Waals surface area contributed by atoms with Crippen LogP contribution in [0.4, 0.5) is 0 Å². The van der Waals surface area contributed by atoms with E-state index >= 15 is 0 Å². The summed E-state index contributed by atoms with van der Waals surface area (Å²) in [6, 6.07) is 0.0872. The molecule has 0 bridgehead atoms. The van der Waals surface area contributed by atoms with Crippen LogP contribution in [0.15, 0.2) is 0 Å². The zero-order chi connectivity index (χ0) is 8.06. The molecule has 2 unspecified atom stereocenters. The van der Waals surface area contributed by atoms with Crippen LogP contribution in [0.1, 0.15) is 19.3 Å². The van der Waals surface area contributed by atoms with Gasteiger partial charge in [-0.25, -0.2) is 13.1 Å². The fourth-order valence-electron chi connectivity index (χ4n) is 1.04. The quantitative estimate of drug-likeness (QED) is 0.589. The van der Waals surface area contributed by atoms with Crippen molar-refractivity contribution in [3.63, 3.8) is 0 Å². The molecule has 2 atom stereocenters. The Morgan fingerprint density at radius 3 is 2.27 bits per heavy atom. The highest BCUT2D eigenvalue weighted by Crippen LogP contribution is 2.30. The summed E-state index contributed by atoms with van der Waals surface area (Å²) in [7, 11) is -2.99. The lowest BCUT2D eigenvalue weighted by molar-refractivity contribution is 0.578. The Bertz CT molecular complexity index is 258. The molecular formula is C6H12N2O2S. The Morgan fingerprint density at radius 1 is 1.36 bits per heavy atom. The zero-order valence-electron chi connectivity index (χ0n) is 6.16. The van der Waals surface area contributed by atoms with E-state index < -0.39 is 10.0 Å².